The quantitative estimate of drug-likeness (QED) is 0.384. The molecule has 7 heteroatoms. The van der Waals surface area contributed by atoms with Crippen molar-refractivity contribution in [3.8, 4) is 0 Å². The molecule has 0 spiro atoms. The van der Waals surface area contributed by atoms with Crippen molar-refractivity contribution in [2.45, 2.75) is 98.6 Å². The predicted octanol–water partition coefficient (Wildman–Crippen LogP) is 6.97. The summed E-state index contributed by atoms with van der Waals surface area (Å²) in [5.41, 5.74) is -0.111. The highest BCUT2D eigenvalue weighted by Gasteiger charge is 2.70. The highest BCUT2D eigenvalue weighted by Crippen LogP contribution is 2.73. The molecule has 1 heterocycles. The summed E-state index contributed by atoms with van der Waals surface area (Å²) >= 11 is 0. The van der Waals surface area contributed by atoms with Crippen LogP contribution in [0.2, 0.25) is 0 Å². The van der Waals surface area contributed by atoms with E-state index in [-0.39, 0.29) is 63.0 Å². The van der Waals surface area contributed by atoms with E-state index < -0.39 is 17.5 Å². The fourth-order valence-corrected chi connectivity index (χ4v) is 10.1. The van der Waals surface area contributed by atoms with Gasteiger partial charge in [0.15, 0.2) is 18.2 Å². The average molecular weight is 534 g/mol. The molecule has 0 amide bonds. The van der Waals surface area contributed by atoms with Crippen LogP contribution < -0.4 is 0 Å². The topological polar surface area (TPSA) is 77.4 Å². The van der Waals surface area contributed by atoms with Gasteiger partial charge in [-0.1, -0.05) is 58.3 Å². The molecule has 0 aromatic carbocycles. The average Bonchev–Trinajstić information content (AvgIpc) is 3.37. The Morgan fingerprint density at radius 1 is 1.08 bits per heavy atom. The van der Waals surface area contributed by atoms with Crippen molar-refractivity contribution in [1.82, 2.24) is 10.1 Å². The van der Waals surface area contributed by atoms with Crippen LogP contribution in [-0.2, 0) is 21.7 Å². The largest absolute Gasteiger partial charge is 0.339 e. The van der Waals surface area contributed by atoms with Crippen LogP contribution in [-0.4, -0.2) is 21.7 Å². The SMILES string of the molecule is [C-]#[N+]C1=C[C@]2(C)C3=CC(=O)[C@@H]4[C@@H]5CC(C)(C)CC[C@]5(c5nc(CF)no5)CC[C@@]4(C)[C@]3(C)CC[C@H]2[C@H](C)C1=O. The maximum atomic E-state index is 14.5. The summed E-state index contributed by atoms with van der Waals surface area (Å²) < 4.78 is 19.2. The normalized spacial score (nSPS) is 44.7. The van der Waals surface area contributed by atoms with Crippen molar-refractivity contribution in [3.05, 3.63) is 46.6 Å². The van der Waals surface area contributed by atoms with Crippen LogP contribution in [0.15, 0.2) is 27.9 Å². The maximum Gasteiger partial charge on any atom is 0.233 e. The minimum Gasteiger partial charge on any atom is -0.339 e. The molecule has 208 valence electrons. The van der Waals surface area contributed by atoms with Gasteiger partial charge in [0.05, 0.1) is 12.0 Å². The van der Waals surface area contributed by atoms with Gasteiger partial charge in [0.1, 0.15) is 0 Å². The van der Waals surface area contributed by atoms with Crippen molar-refractivity contribution in [3.63, 3.8) is 0 Å². The molecule has 1 aromatic rings. The van der Waals surface area contributed by atoms with E-state index in [1.54, 1.807) is 0 Å². The van der Waals surface area contributed by atoms with E-state index in [2.05, 4.69) is 49.6 Å². The molecule has 0 N–H and O–H groups in total. The Hall–Kier alpha value is -2.62. The molecule has 0 radical (unpaired) electrons. The molecule has 39 heavy (non-hydrogen) atoms. The number of carbonyl (C=O) groups excluding carboxylic acids is 2. The fraction of sp³-hybridized carbons (Fsp3) is 0.719. The lowest BCUT2D eigenvalue weighted by Gasteiger charge is -2.68. The van der Waals surface area contributed by atoms with Crippen LogP contribution in [0.1, 0.15) is 98.2 Å². The van der Waals surface area contributed by atoms with Crippen LogP contribution in [0.3, 0.4) is 0 Å². The molecule has 3 fully saturated rings. The number of ketones is 2. The zero-order chi connectivity index (χ0) is 28.2. The number of Topliss-reactive ketones (excluding diaryl/α,β-unsaturated/α-hetero) is 1. The van der Waals surface area contributed by atoms with Crippen molar-refractivity contribution in [1.29, 1.82) is 0 Å². The summed E-state index contributed by atoms with van der Waals surface area (Å²) in [6.07, 6.45) is 9.97. The Balaban J connectivity index is 1.52. The summed E-state index contributed by atoms with van der Waals surface area (Å²) in [7, 11) is 0. The van der Waals surface area contributed by atoms with Crippen molar-refractivity contribution >= 4 is 11.6 Å². The molecular formula is C32H40FN3O3. The third-order valence-electron chi connectivity index (χ3n) is 12.5. The van der Waals surface area contributed by atoms with Gasteiger partial charge in [-0.2, -0.15) is 4.98 Å². The molecule has 0 unspecified atom stereocenters. The summed E-state index contributed by atoms with van der Waals surface area (Å²) in [6, 6.07) is 0. The van der Waals surface area contributed by atoms with E-state index in [4.69, 9.17) is 11.1 Å². The number of halogens is 1. The zero-order valence-electron chi connectivity index (χ0n) is 24.1. The summed E-state index contributed by atoms with van der Waals surface area (Å²) in [6.45, 7) is 20.2. The third-order valence-corrected chi connectivity index (χ3v) is 12.5. The highest BCUT2D eigenvalue weighted by molar-refractivity contribution is 6.01. The Morgan fingerprint density at radius 2 is 1.79 bits per heavy atom. The fourth-order valence-electron chi connectivity index (χ4n) is 10.1. The van der Waals surface area contributed by atoms with Gasteiger partial charge in [-0.05, 0) is 79.1 Å². The summed E-state index contributed by atoms with van der Waals surface area (Å²) in [5.74, 6) is 0.301. The van der Waals surface area contributed by atoms with Crippen molar-refractivity contribution in [2.75, 3.05) is 0 Å². The molecule has 6 rings (SSSR count). The van der Waals surface area contributed by atoms with E-state index in [1.807, 2.05) is 19.1 Å². The van der Waals surface area contributed by atoms with Crippen LogP contribution >= 0.6 is 0 Å². The molecule has 0 bridgehead atoms. The number of hydrogen-bond donors (Lipinski definition) is 0. The number of allylic oxidation sites excluding steroid dienone is 4. The van der Waals surface area contributed by atoms with E-state index in [0.717, 1.165) is 50.5 Å². The first-order valence-corrected chi connectivity index (χ1v) is 14.6. The molecule has 0 saturated heterocycles. The van der Waals surface area contributed by atoms with Gasteiger partial charge in [0.25, 0.3) is 0 Å². The number of nitrogens with zero attached hydrogens (tertiary/aromatic N) is 3. The summed E-state index contributed by atoms with van der Waals surface area (Å²) in [5, 5.41) is 3.92. The molecule has 6 nitrogen and oxygen atoms in total. The van der Waals surface area contributed by atoms with Gasteiger partial charge in [0.2, 0.25) is 17.4 Å². The van der Waals surface area contributed by atoms with Gasteiger partial charge in [-0.25, -0.2) is 9.24 Å². The van der Waals surface area contributed by atoms with Gasteiger partial charge in [-0.3, -0.25) is 4.79 Å². The van der Waals surface area contributed by atoms with E-state index in [0.29, 0.717) is 5.89 Å². The minimum absolute atomic E-state index is 0.0155. The second-order valence-corrected chi connectivity index (χ2v) is 14.7. The van der Waals surface area contributed by atoms with E-state index in [9.17, 15) is 14.0 Å². The number of rotatable bonds is 2. The lowest BCUT2D eigenvalue weighted by Crippen LogP contribution is -2.65. The van der Waals surface area contributed by atoms with Crippen molar-refractivity contribution < 1.29 is 18.5 Å². The molecule has 5 aliphatic rings. The van der Waals surface area contributed by atoms with E-state index in [1.165, 1.54) is 0 Å². The molecule has 5 aliphatic carbocycles. The number of aromatic nitrogens is 2. The zero-order valence-corrected chi connectivity index (χ0v) is 24.1. The monoisotopic (exact) mass is 533 g/mol. The van der Waals surface area contributed by atoms with Gasteiger partial charge < -0.3 is 9.32 Å². The van der Waals surface area contributed by atoms with Crippen molar-refractivity contribution in [2.24, 2.45) is 45.3 Å². The maximum absolute atomic E-state index is 14.5. The second-order valence-electron chi connectivity index (χ2n) is 14.7. The number of fused-ring (bicyclic) bond motifs is 7. The molecule has 1 aromatic heterocycles. The predicted molar refractivity (Wildman–Crippen MR) is 144 cm³/mol. The minimum atomic E-state index is -0.763. The third kappa shape index (κ3) is 3.29. The molecule has 3 saturated carbocycles. The lowest BCUT2D eigenvalue weighted by molar-refractivity contribution is -0.159. The van der Waals surface area contributed by atoms with Gasteiger partial charge >= 0.3 is 0 Å². The molecule has 8 atom stereocenters. The van der Waals surface area contributed by atoms with Crippen LogP contribution in [0, 0.1) is 51.9 Å². The second kappa shape index (κ2) is 8.21. The first kappa shape index (κ1) is 26.6. The number of carbonyl (C=O) groups is 2. The van der Waals surface area contributed by atoms with E-state index >= 15 is 0 Å². The van der Waals surface area contributed by atoms with Crippen LogP contribution in [0.25, 0.3) is 4.85 Å². The standard InChI is InChI=1S/C32H40FN3O3/c1-18-19-8-9-30(5)23(29(19,4)16-21(34-7)26(18)38)14-22(37)25-20-15-28(2,3)10-12-32(20,13-11-31(25,30)6)27-35-24(17-33)36-39-27/h14,16,18-20,25H,8-13,15,17H2,1-6H3/t18-,19-,20-,25-,29-,30+,31+,32-/m0/s1. The van der Waals surface area contributed by atoms with Gasteiger partial charge in [0, 0.05) is 17.3 Å². The van der Waals surface area contributed by atoms with Gasteiger partial charge in [-0.15, -0.1) is 0 Å². The Kier molecular flexibility index (Phi) is 5.60. The smallest absolute Gasteiger partial charge is 0.233 e. The molecular weight excluding hydrogens is 493 g/mol. The van der Waals surface area contributed by atoms with Crippen LogP contribution in [0.5, 0.6) is 0 Å². The number of hydrogen-bond acceptors (Lipinski definition) is 5. The Labute approximate surface area is 230 Å². The summed E-state index contributed by atoms with van der Waals surface area (Å²) in [4.78, 5) is 35.6. The Bertz CT molecular complexity index is 1370. The first-order chi connectivity index (χ1) is 18.3. The highest BCUT2D eigenvalue weighted by atomic mass is 19.1. The van der Waals surface area contributed by atoms with Crippen LogP contribution in [0.4, 0.5) is 4.39 Å². The number of alkyl halides is 1. The lowest BCUT2D eigenvalue weighted by atomic mass is 9.35. The Morgan fingerprint density at radius 3 is 2.46 bits per heavy atom. The first-order valence-electron chi connectivity index (χ1n) is 14.6. The molecule has 0 aliphatic heterocycles.